The monoisotopic (exact) mass is 448 g/mol. The van der Waals surface area contributed by atoms with Crippen LogP contribution in [-0.2, 0) is 0 Å². The van der Waals surface area contributed by atoms with Gasteiger partial charge in [-0.3, -0.25) is 4.90 Å². The Balaban J connectivity index is 1.81. The molecule has 7 nitrogen and oxygen atoms in total. The number of rotatable bonds is 4. The van der Waals surface area contributed by atoms with Crippen LogP contribution < -0.4 is 29.2 Å². The molecule has 4 rings (SSSR count). The van der Waals surface area contributed by atoms with Gasteiger partial charge in [-0.15, -0.1) is 0 Å². The number of fused-ring (bicyclic) bond motifs is 4. The fourth-order valence-corrected chi connectivity index (χ4v) is 4.31. The van der Waals surface area contributed by atoms with Crippen LogP contribution in [0.1, 0.15) is 24.9 Å². The van der Waals surface area contributed by atoms with Gasteiger partial charge in [0.1, 0.15) is 5.75 Å². The molecule has 0 radical (unpaired) electrons. The lowest BCUT2D eigenvalue weighted by Gasteiger charge is -2.50. The molecule has 2 aliphatic heterocycles. The summed E-state index contributed by atoms with van der Waals surface area (Å²) in [6.45, 7) is 1.91. The number of methoxy groups -OCH3 is 3. The Hall–Kier alpha value is -2.61. The largest absolute Gasteiger partial charge is 0.493 e. The molecular weight excluding hydrogens is 428 g/mol. The molecule has 2 aliphatic rings. The van der Waals surface area contributed by atoms with Gasteiger partial charge in [0.2, 0.25) is 5.75 Å². The van der Waals surface area contributed by atoms with E-state index in [4.69, 9.17) is 18.9 Å². The molecule has 0 saturated carbocycles. The zero-order valence-corrected chi connectivity index (χ0v) is 17.6. The minimum atomic E-state index is -0.863. The summed E-state index contributed by atoms with van der Waals surface area (Å²) in [4.78, 5) is 14.7. The number of ether oxygens (including phenoxy) is 4. The summed E-state index contributed by atoms with van der Waals surface area (Å²) in [6.07, 6.45) is 0.596. The standard InChI is InChI=1S/C20H21BrN2O5/c1-20-10-14(13-7-11(21)5-6-15(13)28-20)22-19(24)23(20)12-8-16(25-2)18(27-4)17(9-12)26-3/h5-9,14H,10H2,1-4H3,(H,22,24)/t14-,20+/m1/s1. The molecule has 1 N–H and O–H groups in total. The second-order valence-corrected chi connectivity index (χ2v) is 7.80. The fourth-order valence-electron chi connectivity index (χ4n) is 3.93. The van der Waals surface area contributed by atoms with Crippen LogP contribution in [0.3, 0.4) is 0 Å². The number of hydrogen-bond acceptors (Lipinski definition) is 5. The summed E-state index contributed by atoms with van der Waals surface area (Å²) < 4.78 is 23.5. The molecule has 0 aliphatic carbocycles. The van der Waals surface area contributed by atoms with Gasteiger partial charge in [-0.1, -0.05) is 15.9 Å². The maximum absolute atomic E-state index is 13.1. The van der Waals surface area contributed by atoms with Crippen molar-refractivity contribution in [2.75, 3.05) is 26.2 Å². The molecular formula is C20H21BrN2O5. The average Bonchev–Trinajstić information content (AvgIpc) is 2.67. The van der Waals surface area contributed by atoms with E-state index in [9.17, 15) is 4.79 Å². The van der Waals surface area contributed by atoms with E-state index >= 15 is 0 Å². The fraction of sp³-hybridized carbons (Fsp3) is 0.350. The third-order valence-corrected chi connectivity index (χ3v) is 5.63. The number of amides is 2. The molecule has 8 heteroatoms. The summed E-state index contributed by atoms with van der Waals surface area (Å²) >= 11 is 3.48. The Morgan fingerprint density at radius 3 is 2.43 bits per heavy atom. The second kappa shape index (κ2) is 6.77. The van der Waals surface area contributed by atoms with Gasteiger partial charge in [-0.2, -0.15) is 0 Å². The highest BCUT2D eigenvalue weighted by atomic mass is 79.9. The van der Waals surface area contributed by atoms with Gasteiger partial charge >= 0.3 is 6.03 Å². The Morgan fingerprint density at radius 1 is 1.14 bits per heavy atom. The van der Waals surface area contributed by atoms with E-state index < -0.39 is 5.72 Å². The van der Waals surface area contributed by atoms with Gasteiger partial charge < -0.3 is 24.3 Å². The average molecular weight is 449 g/mol. The number of hydrogen-bond donors (Lipinski definition) is 1. The summed E-state index contributed by atoms with van der Waals surface area (Å²) in [5.74, 6) is 2.15. The second-order valence-electron chi connectivity index (χ2n) is 6.88. The Kier molecular flexibility index (Phi) is 4.53. The summed E-state index contributed by atoms with van der Waals surface area (Å²) in [7, 11) is 4.62. The summed E-state index contributed by atoms with van der Waals surface area (Å²) in [5.41, 5.74) is 0.691. The molecule has 2 aromatic carbocycles. The van der Waals surface area contributed by atoms with Crippen LogP contribution in [0, 0.1) is 0 Å². The minimum absolute atomic E-state index is 0.128. The first kappa shape index (κ1) is 18.7. The lowest BCUT2D eigenvalue weighted by molar-refractivity contribution is 0.0378. The lowest BCUT2D eigenvalue weighted by atomic mass is 9.90. The van der Waals surface area contributed by atoms with Crippen molar-refractivity contribution >= 4 is 27.6 Å². The van der Waals surface area contributed by atoms with Gasteiger partial charge in [0.05, 0.1) is 33.1 Å². The molecule has 0 aromatic heterocycles. The number of benzene rings is 2. The van der Waals surface area contributed by atoms with Crippen molar-refractivity contribution in [1.82, 2.24) is 5.32 Å². The lowest BCUT2D eigenvalue weighted by Crippen LogP contribution is -2.65. The number of carbonyl (C=O) groups is 1. The molecule has 1 fully saturated rings. The van der Waals surface area contributed by atoms with Crippen molar-refractivity contribution in [3.8, 4) is 23.0 Å². The van der Waals surface area contributed by atoms with Gasteiger partial charge in [0.15, 0.2) is 17.2 Å². The zero-order chi connectivity index (χ0) is 20.1. The quantitative estimate of drug-likeness (QED) is 0.756. The van der Waals surface area contributed by atoms with Crippen LogP contribution >= 0.6 is 15.9 Å². The van der Waals surface area contributed by atoms with Crippen LogP contribution in [-0.4, -0.2) is 33.1 Å². The third kappa shape index (κ3) is 2.83. The topological polar surface area (TPSA) is 69.3 Å². The Bertz CT molecular complexity index is 925. The smallest absolute Gasteiger partial charge is 0.325 e. The third-order valence-electron chi connectivity index (χ3n) is 5.14. The number of nitrogens with one attached hydrogen (secondary N) is 1. The highest BCUT2D eigenvalue weighted by Crippen LogP contribution is 2.48. The number of halogens is 1. The summed E-state index contributed by atoms with van der Waals surface area (Å²) in [5, 5.41) is 3.08. The molecule has 2 aromatic rings. The van der Waals surface area contributed by atoms with Crippen molar-refractivity contribution < 1.29 is 23.7 Å². The molecule has 2 atom stereocenters. The van der Waals surface area contributed by atoms with E-state index in [1.54, 1.807) is 38.4 Å². The van der Waals surface area contributed by atoms with Crippen molar-refractivity contribution in [1.29, 1.82) is 0 Å². The van der Waals surface area contributed by atoms with Gasteiger partial charge in [0.25, 0.3) is 0 Å². The predicted octanol–water partition coefficient (Wildman–Crippen LogP) is 4.24. The molecule has 1 saturated heterocycles. The predicted molar refractivity (Wildman–Crippen MR) is 108 cm³/mol. The highest BCUT2D eigenvalue weighted by Gasteiger charge is 2.50. The van der Waals surface area contributed by atoms with Crippen molar-refractivity contribution in [3.05, 3.63) is 40.4 Å². The maximum atomic E-state index is 13.1. The molecule has 148 valence electrons. The van der Waals surface area contributed by atoms with Crippen molar-refractivity contribution in [2.24, 2.45) is 0 Å². The van der Waals surface area contributed by atoms with E-state index in [2.05, 4.69) is 21.2 Å². The Labute approximate surface area is 171 Å². The molecule has 2 amide bonds. The first-order valence-electron chi connectivity index (χ1n) is 8.79. The van der Waals surface area contributed by atoms with Crippen LogP contribution in [0.15, 0.2) is 34.8 Å². The van der Waals surface area contributed by atoms with E-state index in [0.29, 0.717) is 29.4 Å². The van der Waals surface area contributed by atoms with E-state index in [-0.39, 0.29) is 12.1 Å². The van der Waals surface area contributed by atoms with Crippen LogP contribution in [0.5, 0.6) is 23.0 Å². The van der Waals surface area contributed by atoms with Crippen LogP contribution in [0.2, 0.25) is 0 Å². The first-order valence-corrected chi connectivity index (χ1v) is 9.58. The van der Waals surface area contributed by atoms with Gasteiger partial charge in [-0.25, -0.2) is 4.79 Å². The van der Waals surface area contributed by atoms with Crippen LogP contribution in [0.25, 0.3) is 0 Å². The normalized spacial score (nSPS) is 22.7. The Morgan fingerprint density at radius 2 is 1.82 bits per heavy atom. The molecule has 2 heterocycles. The number of anilines is 1. The molecule has 2 bridgehead atoms. The first-order chi connectivity index (χ1) is 13.4. The summed E-state index contributed by atoms with van der Waals surface area (Å²) in [6, 6.07) is 8.92. The SMILES string of the molecule is COc1cc(N2C(=O)N[C@@H]3C[C@]2(C)Oc2ccc(Br)cc23)cc(OC)c1OC. The van der Waals surface area contributed by atoms with Gasteiger partial charge in [-0.05, 0) is 25.1 Å². The molecule has 0 spiro atoms. The highest BCUT2D eigenvalue weighted by molar-refractivity contribution is 9.10. The maximum Gasteiger partial charge on any atom is 0.325 e. The van der Waals surface area contributed by atoms with Crippen LogP contribution in [0.4, 0.5) is 10.5 Å². The number of nitrogens with zero attached hydrogens (tertiary/aromatic N) is 1. The van der Waals surface area contributed by atoms with E-state index in [0.717, 1.165) is 15.8 Å². The molecule has 0 unspecified atom stereocenters. The van der Waals surface area contributed by atoms with Gasteiger partial charge in [0, 0.05) is 28.6 Å². The number of carbonyl (C=O) groups excluding carboxylic acids is 1. The number of urea groups is 1. The van der Waals surface area contributed by atoms with E-state index in [1.165, 1.54) is 0 Å². The van der Waals surface area contributed by atoms with Crippen molar-refractivity contribution in [3.63, 3.8) is 0 Å². The van der Waals surface area contributed by atoms with E-state index in [1.807, 2.05) is 25.1 Å². The zero-order valence-electron chi connectivity index (χ0n) is 16.0. The van der Waals surface area contributed by atoms with Crippen molar-refractivity contribution in [2.45, 2.75) is 25.1 Å². The molecule has 28 heavy (non-hydrogen) atoms. The minimum Gasteiger partial charge on any atom is -0.493 e.